The number of fused-ring (bicyclic) bond motifs is 1. The standard InChI is InChI=1S/C25H20ClFN2O3/c1-16-25(31)29(15-18-4-9-20(27)10-5-18)22-14-21(11-12-23(22)32-16)28-24(30)13-6-17-2-7-19(26)8-3-17/h2-14,16H,15H2,1H3,(H,28,30)/b13-6+. The van der Waals surface area contributed by atoms with Crippen LogP contribution in [-0.2, 0) is 16.1 Å². The molecule has 0 fully saturated rings. The second-order valence-electron chi connectivity index (χ2n) is 7.37. The molecule has 0 aromatic heterocycles. The normalized spacial score (nSPS) is 15.4. The van der Waals surface area contributed by atoms with Gasteiger partial charge in [0.1, 0.15) is 11.6 Å². The number of carbonyl (C=O) groups is 2. The number of anilines is 2. The van der Waals surface area contributed by atoms with Crippen LogP contribution in [0, 0.1) is 5.82 Å². The summed E-state index contributed by atoms with van der Waals surface area (Å²) in [6, 6.07) is 18.2. The highest BCUT2D eigenvalue weighted by Crippen LogP contribution is 2.37. The first-order valence-electron chi connectivity index (χ1n) is 10.0. The fraction of sp³-hybridized carbons (Fsp3) is 0.120. The van der Waals surface area contributed by atoms with Crippen molar-refractivity contribution in [1.82, 2.24) is 0 Å². The number of ether oxygens (including phenoxy) is 1. The fourth-order valence-corrected chi connectivity index (χ4v) is 3.48. The van der Waals surface area contributed by atoms with Gasteiger partial charge in [-0.3, -0.25) is 9.59 Å². The summed E-state index contributed by atoms with van der Waals surface area (Å²) in [5.74, 6) is -0.337. The summed E-state index contributed by atoms with van der Waals surface area (Å²) in [5.41, 5.74) is 2.68. The lowest BCUT2D eigenvalue weighted by molar-refractivity contribution is -0.125. The molecule has 5 nitrogen and oxygen atoms in total. The van der Waals surface area contributed by atoms with Crippen LogP contribution in [0.1, 0.15) is 18.1 Å². The third-order valence-electron chi connectivity index (χ3n) is 4.99. The quantitative estimate of drug-likeness (QED) is 0.526. The molecule has 0 radical (unpaired) electrons. The monoisotopic (exact) mass is 450 g/mol. The van der Waals surface area contributed by atoms with Gasteiger partial charge in [-0.1, -0.05) is 35.9 Å². The van der Waals surface area contributed by atoms with Gasteiger partial charge in [0.25, 0.3) is 5.91 Å². The Morgan fingerprint density at radius 2 is 1.84 bits per heavy atom. The number of nitrogens with one attached hydrogen (secondary N) is 1. The largest absolute Gasteiger partial charge is 0.479 e. The molecule has 1 unspecified atom stereocenters. The summed E-state index contributed by atoms with van der Waals surface area (Å²) in [5, 5.41) is 3.42. The van der Waals surface area contributed by atoms with Gasteiger partial charge in [-0.05, 0) is 66.6 Å². The van der Waals surface area contributed by atoms with Gasteiger partial charge < -0.3 is 15.0 Å². The van der Waals surface area contributed by atoms with Gasteiger partial charge in [0, 0.05) is 16.8 Å². The molecule has 2 amide bonds. The van der Waals surface area contributed by atoms with Crippen LogP contribution in [0.3, 0.4) is 0 Å². The van der Waals surface area contributed by atoms with Crippen molar-refractivity contribution in [2.24, 2.45) is 0 Å². The topological polar surface area (TPSA) is 58.6 Å². The van der Waals surface area contributed by atoms with E-state index in [4.69, 9.17) is 16.3 Å². The number of carbonyl (C=O) groups excluding carboxylic acids is 2. The van der Waals surface area contributed by atoms with E-state index in [2.05, 4.69) is 5.32 Å². The highest BCUT2D eigenvalue weighted by Gasteiger charge is 2.31. The van der Waals surface area contributed by atoms with E-state index < -0.39 is 6.10 Å². The second kappa shape index (κ2) is 9.24. The summed E-state index contributed by atoms with van der Waals surface area (Å²) in [4.78, 5) is 26.7. The van der Waals surface area contributed by atoms with E-state index in [1.165, 1.54) is 18.2 Å². The fourth-order valence-electron chi connectivity index (χ4n) is 3.35. The molecule has 4 rings (SSSR count). The van der Waals surface area contributed by atoms with E-state index >= 15 is 0 Å². The molecule has 0 saturated heterocycles. The van der Waals surface area contributed by atoms with E-state index in [-0.39, 0.29) is 24.2 Å². The van der Waals surface area contributed by atoms with E-state index in [0.29, 0.717) is 22.1 Å². The maximum atomic E-state index is 13.3. The van der Waals surface area contributed by atoms with Gasteiger partial charge >= 0.3 is 0 Å². The van der Waals surface area contributed by atoms with Crippen molar-refractivity contribution in [3.8, 4) is 5.75 Å². The molecule has 1 N–H and O–H groups in total. The minimum absolute atomic E-state index is 0.215. The third kappa shape index (κ3) is 4.98. The molecule has 1 aliphatic rings. The average molecular weight is 451 g/mol. The Labute approximate surface area is 190 Å². The van der Waals surface area contributed by atoms with Crippen molar-refractivity contribution >= 4 is 40.9 Å². The molecular weight excluding hydrogens is 431 g/mol. The average Bonchev–Trinajstić information content (AvgIpc) is 2.78. The molecule has 7 heteroatoms. The predicted octanol–water partition coefficient (Wildman–Crippen LogP) is 5.45. The van der Waals surface area contributed by atoms with Crippen molar-refractivity contribution < 1.29 is 18.7 Å². The minimum Gasteiger partial charge on any atom is -0.479 e. The highest BCUT2D eigenvalue weighted by molar-refractivity contribution is 6.30. The Morgan fingerprint density at radius 3 is 2.56 bits per heavy atom. The van der Waals surface area contributed by atoms with E-state index in [1.807, 2.05) is 12.1 Å². The van der Waals surface area contributed by atoms with Gasteiger partial charge in [0.15, 0.2) is 6.10 Å². The highest BCUT2D eigenvalue weighted by atomic mass is 35.5. The molecular formula is C25H20ClFN2O3. The molecule has 0 bridgehead atoms. The Balaban J connectivity index is 1.54. The first-order chi connectivity index (χ1) is 15.4. The zero-order chi connectivity index (χ0) is 22.7. The third-order valence-corrected chi connectivity index (χ3v) is 5.24. The van der Waals surface area contributed by atoms with E-state index in [0.717, 1.165) is 11.1 Å². The van der Waals surface area contributed by atoms with Crippen LogP contribution >= 0.6 is 11.6 Å². The Kier molecular flexibility index (Phi) is 6.23. The van der Waals surface area contributed by atoms with Crippen LogP contribution in [0.5, 0.6) is 5.75 Å². The van der Waals surface area contributed by atoms with Crippen LogP contribution in [0.2, 0.25) is 5.02 Å². The molecule has 1 atom stereocenters. The van der Waals surface area contributed by atoms with Crippen molar-refractivity contribution in [2.75, 3.05) is 10.2 Å². The molecule has 3 aromatic carbocycles. The van der Waals surface area contributed by atoms with E-state index in [1.54, 1.807) is 60.4 Å². The summed E-state index contributed by atoms with van der Waals surface area (Å²) in [6.45, 7) is 1.94. The van der Waals surface area contributed by atoms with Gasteiger partial charge in [0.05, 0.1) is 12.2 Å². The summed E-state index contributed by atoms with van der Waals surface area (Å²) >= 11 is 5.87. The lowest BCUT2D eigenvalue weighted by Crippen LogP contribution is -2.44. The molecule has 162 valence electrons. The van der Waals surface area contributed by atoms with Gasteiger partial charge in [0.2, 0.25) is 5.91 Å². The molecule has 1 aliphatic heterocycles. The Hall–Kier alpha value is -3.64. The minimum atomic E-state index is -0.648. The molecule has 0 saturated carbocycles. The maximum Gasteiger partial charge on any atom is 0.268 e. The van der Waals surface area contributed by atoms with Crippen molar-refractivity contribution in [3.05, 3.63) is 94.8 Å². The first kappa shape index (κ1) is 21.6. The molecule has 32 heavy (non-hydrogen) atoms. The second-order valence-corrected chi connectivity index (χ2v) is 7.80. The van der Waals surface area contributed by atoms with Crippen LogP contribution in [0.25, 0.3) is 6.08 Å². The summed E-state index contributed by atoms with van der Waals surface area (Å²) < 4.78 is 19.0. The number of benzene rings is 3. The zero-order valence-electron chi connectivity index (χ0n) is 17.2. The number of hydrogen-bond donors (Lipinski definition) is 1. The summed E-state index contributed by atoms with van der Waals surface area (Å²) in [7, 11) is 0. The SMILES string of the molecule is CC1Oc2ccc(NC(=O)/C=C/c3ccc(Cl)cc3)cc2N(Cc2ccc(F)cc2)C1=O. The van der Waals surface area contributed by atoms with Crippen LogP contribution in [0.15, 0.2) is 72.8 Å². The van der Waals surface area contributed by atoms with Crippen molar-refractivity contribution in [2.45, 2.75) is 19.6 Å². The number of rotatable bonds is 5. The van der Waals surface area contributed by atoms with Gasteiger partial charge in [-0.2, -0.15) is 0 Å². The number of nitrogens with zero attached hydrogens (tertiary/aromatic N) is 1. The first-order valence-corrected chi connectivity index (χ1v) is 10.4. The van der Waals surface area contributed by atoms with Crippen LogP contribution < -0.4 is 15.0 Å². The van der Waals surface area contributed by atoms with Crippen molar-refractivity contribution in [1.29, 1.82) is 0 Å². The lowest BCUT2D eigenvalue weighted by Gasteiger charge is -2.33. The van der Waals surface area contributed by atoms with Gasteiger partial charge in [-0.15, -0.1) is 0 Å². The Morgan fingerprint density at radius 1 is 1.12 bits per heavy atom. The van der Waals surface area contributed by atoms with Crippen LogP contribution in [0.4, 0.5) is 15.8 Å². The zero-order valence-corrected chi connectivity index (χ0v) is 18.0. The summed E-state index contributed by atoms with van der Waals surface area (Å²) in [6.07, 6.45) is 2.45. The lowest BCUT2D eigenvalue weighted by atomic mass is 10.1. The number of halogens is 2. The number of hydrogen-bond acceptors (Lipinski definition) is 3. The molecule has 3 aromatic rings. The Bertz CT molecular complexity index is 1180. The van der Waals surface area contributed by atoms with E-state index in [9.17, 15) is 14.0 Å². The van der Waals surface area contributed by atoms with Crippen LogP contribution in [-0.4, -0.2) is 17.9 Å². The van der Waals surface area contributed by atoms with Crippen molar-refractivity contribution in [3.63, 3.8) is 0 Å². The molecule has 1 heterocycles. The number of amides is 2. The maximum absolute atomic E-state index is 13.3. The van der Waals surface area contributed by atoms with Gasteiger partial charge in [-0.25, -0.2) is 4.39 Å². The smallest absolute Gasteiger partial charge is 0.268 e. The molecule has 0 aliphatic carbocycles. The predicted molar refractivity (Wildman–Crippen MR) is 123 cm³/mol. The molecule has 0 spiro atoms.